The average Bonchev–Trinajstić information content (AvgIpc) is 2.93. The number of phenols is 1. The first-order chi connectivity index (χ1) is 14.1. The van der Waals surface area contributed by atoms with Gasteiger partial charge in [-0.15, -0.1) is 16.5 Å². The van der Waals surface area contributed by atoms with Crippen molar-refractivity contribution in [3.8, 4) is 18.1 Å². The number of carbonyl (C=O) groups is 1. The second-order valence-electron chi connectivity index (χ2n) is 8.96. The molecule has 8 nitrogen and oxygen atoms in total. The van der Waals surface area contributed by atoms with E-state index >= 15 is 0 Å². The fraction of sp³-hybridized carbons (Fsp3) is 0.591. The third kappa shape index (κ3) is 2.61. The van der Waals surface area contributed by atoms with Crippen molar-refractivity contribution < 1.29 is 29.7 Å². The number of esters is 1. The Labute approximate surface area is 174 Å². The van der Waals surface area contributed by atoms with E-state index in [4.69, 9.17) is 16.0 Å². The predicted molar refractivity (Wildman–Crippen MR) is 104 cm³/mol. The highest BCUT2D eigenvalue weighted by atomic mass is 17.0. The van der Waals surface area contributed by atoms with E-state index in [-0.39, 0.29) is 24.0 Å². The summed E-state index contributed by atoms with van der Waals surface area (Å²) in [7, 11) is 0. The highest BCUT2D eigenvalue weighted by Gasteiger charge is 2.70. The lowest BCUT2D eigenvalue weighted by atomic mass is 9.50. The van der Waals surface area contributed by atoms with E-state index in [1.807, 2.05) is 6.92 Å². The highest BCUT2D eigenvalue weighted by Crippen LogP contribution is 2.66. The Morgan fingerprint density at radius 1 is 1.37 bits per heavy atom. The van der Waals surface area contributed by atoms with Crippen molar-refractivity contribution in [2.75, 3.05) is 0 Å². The Balaban J connectivity index is 1.87. The minimum Gasteiger partial charge on any atom is -0.508 e. The maximum absolute atomic E-state index is 12.0. The van der Waals surface area contributed by atoms with Gasteiger partial charge in [-0.2, -0.15) is 0 Å². The molecule has 2 saturated carbocycles. The monoisotopic (exact) mass is 415 g/mol. The zero-order chi connectivity index (χ0) is 21.9. The third-order valence-corrected chi connectivity index (χ3v) is 7.71. The van der Waals surface area contributed by atoms with Gasteiger partial charge in [0, 0.05) is 12.3 Å². The number of terminal acetylenes is 1. The van der Waals surface area contributed by atoms with Gasteiger partial charge in [-0.1, -0.05) is 18.9 Å². The van der Waals surface area contributed by atoms with Crippen LogP contribution in [-0.2, 0) is 26.4 Å². The fourth-order valence-electron chi connectivity index (χ4n) is 6.49. The lowest BCUT2D eigenvalue weighted by molar-refractivity contribution is -0.775. The van der Waals surface area contributed by atoms with Crippen LogP contribution in [0.4, 0.5) is 0 Å². The van der Waals surface area contributed by atoms with Crippen LogP contribution >= 0.6 is 0 Å². The number of ether oxygens (including phenoxy) is 1. The number of carbonyl (C=O) groups excluding carboxylic acids is 1. The summed E-state index contributed by atoms with van der Waals surface area (Å²) in [6.45, 7) is 3.18. The van der Waals surface area contributed by atoms with E-state index in [0.29, 0.717) is 31.2 Å². The molecule has 160 valence electrons. The van der Waals surface area contributed by atoms with Gasteiger partial charge < -0.3 is 19.8 Å². The number of nitrogens with zero attached hydrogens (tertiary/aromatic N) is 1. The molecule has 30 heavy (non-hydrogen) atoms. The van der Waals surface area contributed by atoms with Crippen molar-refractivity contribution in [3.05, 3.63) is 39.4 Å². The standard InChI is InChI=1S/C22H25NO7/c1-4-21(29-13(2)24)10-9-17-18-7-5-14-11-15(25)6-8-16(14)22(18,26)19(30-23(27)28)12-20(17,21)3/h1,6,8,11,17-19,25-26H,5,7,9-10,12H2,2-3H3/t17-,18-,19-,20-,21-,22+/m0/s1. The molecule has 2 N–H and O–H groups in total. The zero-order valence-electron chi connectivity index (χ0n) is 17.0. The lowest BCUT2D eigenvalue weighted by Gasteiger charge is -2.58. The largest absolute Gasteiger partial charge is 0.508 e. The van der Waals surface area contributed by atoms with Crippen molar-refractivity contribution in [1.82, 2.24) is 0 Å². The summed E-state index contributed by atoms with van der Waals surface area (Å²) in [5.41, 5.74) is -2.33. The van der Waals surface area contributed by atoms with Crippen LogP contribution in [0.15, 0.2) is 18.2 Å². The molecule has 3 aliphatic carbocycles. The summed E-state index contributed by atoms with van der Waals surface area (Å²) in [6.07, 6.45) is 6.92. The van der Waals surface area contributed by atoms with Crippen LogP contribution in [0.3, 0.4) is 0 Å². The highest BCUT2D eigenvalue weighted by molar-refractivity contribution is 5.67. The Morgan fingerprint density at radius 2 is 2.10 bits per heavy atom. The number of aromatic hydroxyl groups is 1. The van der Waals surface area contributed by atoms with E-state index in [0.717, 1.165) is 5.56 Å². The number of aliphatic hydroxyl groups is 1. The van der Waals surface area contributed by atoms with Crippen molar-refractivity contribution in [2.24, 2.45) is 17.3 Å². The van der Waals surface area contributed by atoms with Crippen LogP contribution < -0.4 is 0 Å². The summed E-state index contributed by atoms with van der Waals surface area (Å²) in [5, 5.41) is 32.3. The van der Waals surface area contributed by atoms with E-state index < -0.39 is 33.8 Å². The molecule has 6 atom stereocenters. The molecule has 2 fully saturated rings. The van der Waals surface area contributed by atoms with Gasteiger partial charge in [0.1, 0.15) is 17.5 Å². The first-order valence-corrected chi connectivity index (χ1v) is 10.1. The summed E-state index contributed by atoms with van der Waals surface area (Å²) in [5.74, 6) is 1.75. The van der Waals surface area contributed by atoms with Gasteiger partial charge in [-0.05, 0) is 67.2 Å². The first kappa shape index (κ1) is 20.5. The molecule has 1 aromatic carbocycles. The first-order valence-electron chi connectivity index (χ1n) is 10.1. The van der Waals surface area contributed by atoms with Crippen molar-refractivity contribution >= 4 is 5.97 Å². The smallest absolute Gasteiger partial charge is 0.304 e. The molecule has 0 amide bonds. The van der Waals surface area contributed by atoms with Crippen LogP contribution in [0.1, 0.15) is 50.7 Å². The quantitative estimate of drug-likeness (QED) is 0.337. The normalized spacial score (nSPS) is 39.1. The zero-order valence-corrected chi connectivity index (χ0v) is 17.0. The summed E-state index contributed by atoms with van der Waals surface area (Å²) < 4.78 is 5.66. The molecule has 0 bridgehead atoms. The lowest BCUT2D eigenvalue weighted by Crippen LogP contribution is -2.64. The predicted octanol–water partition coefficient (Wildman–Crippen LogP) is 2.47. The minimum absolute atomic E-state index is 0.0590. The Kier molecular flexibility index (Phi) is 4.51. The summed E-state index contributed by atoms with van der Waals surface area (Å²) in [6, 6.07) is 4.67. The second-order valence-corrected chi connectivity index (χ2v) is 8.96. The van der Waals surface area contributed by atoms with Gasteiger partial charge in [-0.25, -0.2) is 0 Å². The number of hydrogen-bond donors (Lipinski definition) is 2. The van der Waals surface area contributed by atoms with Crippen LogP contribution in [0.5, 0.6) is 5.75 Å². The number of fused-ring (bicyclic) bond motifs is 5. The average molecular weight is 415 g/mol. The summed E-state index contributed by atoms with van der Waals surface area (Å²) in [4.78, 5) is 28.3. The molecular weight excluding hydrogens is 390 g/mol. The SMILES string of the molecule is C#C[C@]1(OC(C)=O)CC[C@H]2[C@@H]3CCc4cc(O)ccc4[C@]3(O)[C@@H](O[N+](=O)[O-])C[C@@]21C. The number of phenolic OH excluding ortho intramolecular Hbond substituents is 1. The molecule has 0 spiro atoms. The number of hydrogen-bond acceptors (Lipinski definition) is 7. The fourth-order valence-corrected chi connectivity index (χ4v) is 6.49. The molecule has 1 aromatic rings. The molecule has 8 heteroatoms. The Hall–Kier alpha value is -2.79. The van der Waals surface area contributed by atoms with Crippen molar-refractivity contribution in [1.29, 1.82) is 0 Å². The van der Waals surface area contributed by atoms with E-state index in [1.54, 1.807) is 12.1 Å². The van der Waals surface area contributed by atoms with Crippen LogP contribution in [-0.4, -0.2) is 33.0 Å². The molecule has 3 aliphatic rings. The van der Waals surface area contributed by atoms with E-state index in [2.05, 4.69) is 5.92 Å². The molecular formula is C22H25NO7. The van der Waals surface area contributed by atoms with E-state index in [1.165, 1.54) is 13.0 Å². The molecule has 0 aliphatic heterocycles. The number of benzene rings is 1. The van der Waals surface area contributed by atoms with Crippen LogP contribution in [0, 0.1) is 39.7 Å². The molecule has 0 heterocycles. The Morgan fingerprint density at radius 3 is 2.73 bits per heavy atom. The van der Waals surface area contributed by atoms with Gasteiger partial charge >= 0.3 is 5.97 Å². The van der Waals surface area contributed by atoms with Gasteiger partial charge in [0.05, 0.1) is 0 Å². The number of rotatable bonds is 3. The minimum atomic E-state index is -1.61. The number of aryl methyl sites for hydroxylation is 1. The molecule has 0 radical (unpaired) electrons. The van der Waals surface area contributed by atoms with Gasteiger partial charge in [0.2, 0.25) is 0 Å². The molecule has 0 unspecified atom stereocenters. The maximum Gasteiger partial charge on any atom is 0.304 e. The van der Waals surface area contributed by atoms with E-state index in [9.17, 15) is 25.1 Å². The van der Waals surface area contributed by atoms with Crippen LogP contribution in [0.25, 0.3) is 0 Å². The maximum atomic E-state index is 12.0. The summed E-state index contributed by atoms with van der Waals surface area (Å²) >= 11 is 0. The molecule has 0 aromatic heterocycles. The van der Waals surface area contributed by atoms with Crippen LogP contribution in [0.2, 0.25) is 0 Å². The van der Waals surface area contributed by atoms with Crippen molar-refractivity contribution in [2.45, 2.75) is 63.3 Å². The topological polar surface area (TPSA) is 119 Å². The van der Waals surface area contributed by atoms with Gasteiger partial charge in [-0.3, -0.25) is 4.79 Å². The second kappa shape index (κ2) is 6.61. The molecule has 0 saturated heterocycles. The molecule has 4 rings (SSSR count). The third-order valence-electron chi connectivity index (χ3n) is 7.71. The Bertz CT molecular complexity index is 955. The van der Waals surface area contributed by atoms with Crippen molar-refractivity contribution in [3.63, 3.8) is 0 Å². The van der Waals surface area contributed by atoms with Gasteiger partial charge in [0.25, 0.3) is 5.09 Å². The van der Waals surface area contributed by atoms with Gasteiger partial charge in [0.15, 0.2) is 5.60 Å².